The number of nitrogens with one attached hydrogen (secondary N) is 1. The van der Waals surface area contributed by atoms with E-state index in [4.69, 9.17) is 4.98 Å². The van der Waals surface area contributed by atoms with Gasteiger partial charge in [-0.15, -0.1) is 35.3 Å². The third-order valence-corrected chi connectivity index (χ3v) is 5.95. The van der Waals surface area contributed by atoms with Crippen LogP contribution in [0.5, 0.6) is 0 Å². The van der Waals surface area contributed by atoms with Crippen molar-refractivity contribution < 1.29 is 4.39 Å². The Bertz CT molecular complexity index is 769. The first-order chi connectivity index (χ1) is 13.1. The van der Waals surface area contributed by atoms with Gasteiger partial charge in [0.05, 0.1) is 10.7 Å². The third kappa shape index (κ3) is 5.79. The second-order valence-corrected chi connectivity index (χ2v) is 7.93. The third-order valence-electron chi connectivity index (χ3n) is 4.88. The van der Waals surface area contributed by atoms with Crippen molar-refractivity contribution in [3.8, 4) is 0 Å². The molecule has 0 amide bonds. The van der Waals surface area contributed by atoms with Crippen molar-refractivity contribution in [2.45, 2.75) is 26.7 Å². The van der Waals surface area contributed by atoms with Gasteiger partial charge in [-0.05, 0) is 37.6 Å². The Morgan fingerprint density at radius 1 is 1.21 bits per heavy atom. The summed E-state index contributed by atoms with van der Waals surface area (Å²) in [5, 5.41) is 4.66. The number of benzene rings is 1. The summed E-state index contributed by atoms with van der Waals surface area (Å²) in [6.07, 6.45) is 1.91. The minimum absolute atomic E-state index is 0. The van der Waals surface area contributed by atoms with Gasteiger partial charge in [0.1, 0.15) is 5.82 Å². The van der Waals surface area contributed by atoms with E-state index in [0.717, 1.165) is 57.2 Å². The average Bonchev–Trinajstić information content (AvgIpc) is 3.06. The molecule has 0 saturated carbocycles. The van der Waals surface area contributed by atoms with Crippen molar-refractivity contribution in [2.75, 3.05) is 44.7 Å². The summed E-state index contributed by atoms with van der Waals surface area (Å²) in [6.45, 7) is 8.72. The summed E-state index contributed by atoms with van der Waals surface area (Å²) < 4.78 is 13.1. The van der Waals surface area contributed by atoms with Crippen LogP contribution in [0.15, 0.2) is 29.3 Å². The van der Waals surface area contributed by atoms with Crippen LogP contribution in [-0.2, 0) is 12.8 Å². The van der Waals surface area contributed by atoms with E-state index in [1.807, 2.05) is 19.2 Å². The predicted octanol–water partition coefficient (Wildman–Crippen LogP) is 3.71. The number of piperazine rings is 1. The van der Waals surface area contributed by atoms with E-state index in [1.54, 1.807) is 11.3 Å². The highest BCUT2D eigenvalue weighted by atomic mass is 127. The van der Waals surface area contributed by atoms with E-state index in [9.17, 15) is 4.39 Å². The Hall–Kier alpha value is -1.42. The van der Waals surface area contributed by atoms with E-state index < -0.39 is 0 Å². The quantitative estimate of drug-likeness (QED) is 0.373. The molecule has 0 spiro atoms. The van der Waals surface area contributed by atoms with Crippen LogP contribution >= 0.6 is 35.3 Å². The fraction of sp³-hybridized carbons (Fsp3) is 0.500. The molecule has 0 bridgehead atoms. The van der Waals surface area contributed by atoms with Crippen molar-refractivity contribution in [2.24, 2.45) is 4.99 Å². The van der Waals surface area contributed by atoms with Crippen LogP contribution in [0.4, 0.5) is 10.1 Å². The molecule has 28 heavy (non-hydrogen) atoms. The predicted molar refractivity (Wildman–Crippen MR) is 127 cm³/mol. The highest BCUT2D eigenvalue weighted by molar-refractivity contribution is 14.0. The molecular formula is C20H29FIN5S. The standard InChI is InChI=1S/C20H28FN5S.HI/c1-4-18-15(2)27-19(24-18)9-10-23-20(22-3)26-13-11-25(12-14-26)17-7-5-16(21)6-8-17;/h5-8H,4,9-14H2,1-3H3,(H,22,23);1H. The highest BCUT2D eigenvalue weighted by Gasteiger charge is 2.19. The van der Waals surface area contributed by atoms with E-state index in [-0.39, 0.29) is 29.8 Å². The van der Waals surface area contributed by atoms with E-state index >= 15 is 0 Å². The summed E-state index contributed by atoms with van der Waals surface area (Å²) in [6, 6.07) is 6.73. The topological polar surface area (TPSA) is 43.8 Å². The van der Waals surface area contributed by atoms with Crippen LogP contribution in [0, 0.1) is 12.7 Å². The van der Waals surface area contributed by atoms with E-state index in [1.165, 1.54) is 27.7 Å². The minimum Gasteiger partial charge on any atom is -0.368 e. The van der Waals surface area contributed by atoms with E-state index in [2.05, 4.69) is 34.0 Å². The lowest BCUT2D eigenvalue weighted by Gasteiger charge is -2.37. The van der Waals surface area contributed by atoms with Gasteiger partial charge >= 0.3 is 0 Å². The molecule has 8 heteroatoms. The summed E-state index contributed by atoms with van der Waals surface area (Å²) >= 11 is 1.79. The highest BCUT2D eigenvalue weighted by Crippen LogP contribution is 2.18. The number of aliphatic imine (C=N–C) groups is 1. The second-order valence-electron chi connectivity index (χ2n) is 6.64. The first-order valence-corrected chi connectivity index (χ1v) is 10.3. The van der Waals surface area contributed by atoms with Crippen LogP contribution in [0.25, 0.3) is 0 Å². The van der Waals surface area contributed by atoms with Gasteiger partial charge in [0.2, 0.25) is 0 Å². The molecule has 3 rings (SSSR count). The summed E-state index contributed by atoms with van der Waals surface area (Å²) in [7, 11) is 1.83. The molecule has 0 atom stereocenters. The number of hydrogen-bond donors (Lipinski definition) is 1. The van der Waals surface area contributed by atoms with Crippen LogP contribution in [0.2, 0.25) is 0 Å². The largest absolute Gasteiger partial charge is 0.368 e. The molecule has 2 heterocycles. The van der Waals surface area contributed by atoms with Crippen molar-refractivity contribution >= 4 is 47.0 Å². The molecule has 0 radical (unpaired) electrons. The van der Waals surface area contributed by atoms with Gasteiger partial charge in [-0.25, -0.2) is 9.37 Å². The molecule has 1 saturated heterocycles. The Morgan fingerprint density at radius 3 is 2.46 bits per heavy atom. The van der Waals surface area contributed by atoms with Crippen LogP contribution in [0.1, 0.15) is 22.5 Å². The van der Waals surface area contributed by atoms with Crippen LogP contribution < -0.4 is 10.2 Å². The van der Waals surface area contributed by atoms with Crippen molar-refractivity contribution in [3.05, 3.63) is 45.7 Å². The molecule has 1 aromatic heterocycles. The normalized spacial score (nSPS) is 14.8. The Balaban J connectivity index is 0.00000280. The maximum absolute atomic E-state index is 13.1. The van der Waals surface area contributed by atoms with Gasteiger partial charge in [0, 0.05) is 56.8 Å². The molecular weight excluding hydrogens is 488 g/mol. The number of aromatic nitrogens is 1. The summed E-state index contributed by atoms with van der Waals surface area (Å²) in [4.78, 5) is 15.0. The number of guanidine groups is 1. The number of halogens is 2. The second kappa shape index (κ2) is 10.9. The van der Waals surface area contributed by atoms with Gasteiger partial charge < -0.3 is 15.1 Å². The van der Waals surface area contributed by atoms with Crippen molar-refractivity contribution in [1.29, 1.82) is 0 Å². The van der Waals surface area contributed by atoms with Crippen LogP contribution in [-0.4, -0.2) is 55.6 Å². The summed E-state index contributed by atoms with van der Waals surface area (Å²) in [5.41, 5.74) is 2.29. The number of aryl methyl sites for hydroxylation is 2. The lowest BCUT2D eigenvalue weighted by molar-refractivity contribution is 0.373. The molecule has 2 aromatic rings. The number of thiazole rings is 1. The SMILES string of the molecule is CCc1nc(CCNC(=NC)N2CCN(c3ccc(F)cc3)CC2)sc1C.I. The zero-order valence-corrected chi connectivity index (χ0v) is 19.9. The van der Waals surface area contributed by atoms with Gasteiger partial charge in [-0.2, -0.15) is 0 Å². The molecule has 1 aromatic carbocycles. The Labute approximate surface area is 188 Å². The smallest absolute Gasteiger partial charge is 0.193 e. The van der Waals surface area contributed by atoms with Gasteiger partial charge in [0.15, 0.2) is 5.96 Å². The van der Waals surface area contributed by atoms with Gasteiger partial charge in [-0.3, -0.25) is 4.99 Å². The summed E-state index contributed by atoms with van der Waals surface area (Å²) in [5.74, 6) is 0.751. The molecule has 1 aliphatic heterocycles. The molecule has 5 nitrogen and oxygen atoms in total. The zero-order chi connectivity index (χ0) is 19.2. The van der Waals surface area contributed by atoms with Crippen LogP contribution in [0.3, 0.4) is 0 Å². The molecule has 1 fully saturated rings. The fourth-order valence-corrected chi connectivity index (χ4v) is 4.39. The minimum atomic E-state index is -0.191. The number of rotatable bonds is 5. The van der Waals surface area contributed by atoms with Crippen molar-refractivity contribution in [3.63, 3.8) is 0 Å². The van der Waals surface area contributed by atoms with E-state index in [0.29, 0.717) is 0 Å². The zero-order valence-electron chi connectivity index (χ0n) is 16.7. The lowest BCUT2D eigenvalue weighted by atomic mass is 10.2. The molecule has 0 aliphatic carbocycles. The molecule has 1 aliphatic rings. The maximum atomic E-state index is 13.1. The number of anilines is 1. The average molecular weight is 517 g/mol. The fourth-order valence-electron chi connectivity index (χ4n) is 3.36. The van der Waals surface area contributed by atoms with Gasteiger partial charge in [-0.1, -0.05) is 6.92 Å². The Morgan fingerprint density at radius 2 is 1.89 bits per heavy atom. The molecule has 1 N–H and O–H groups in total. The lowest BCUT2D eigenvalue weighted by Crippen LogP contribution is -2.52. The number of nitrogens with zero attached hydrogens (tertiary/aromatic N) is 4. The monoisotopic (exact) mass is 517 g/mol. The first kappa shape index (κ1) is 22.9. The molecule has 154 valence electrons. The molecule has 0 unspecified atom stereocenters. The maximum Gasteiger partial charge on any atom is 0.193 e. The Kier molecular flexibility index (Phi) is 8.94. The number of hydrogen-bond acceptors (Lipinski definition) is 4. The van der Waals surface area contributed by atoms with Crippen molar-refractivity contribution in [1.82, 2.24) is 15.2 Å². The first-order valence-electron chi connectivity index (χ1n) is 9.52. The van der Waals surface area contributed by atoms with Gasteiger partial charge in [0.25, 0.3) is 0 Å².